The summed E-state index contributed by atoms with van der Waals surface area (Å²) in [5.74, 6) is 0. The van der Waals surface area contributed by atoms with Crippen LogP contribution in [0.2, 0.25) is 0 Å². The van der Waals surface area contributed by atoms with E-state index in [9.17, 15) is 4.79 Å². The maximum atomic E-state index is 11.1. The summed E-state index contributed by atoms with van der Waals surface area (Å²) in [6, 6.07) is 5.80. The zero-order valence-electron chi connectivity index (χ0n) is 9.34. The van der Waals surface area contributed by atoms with Crippen LogP contribution in [0.1, 0.15) is 15.2 Å². The summed E-state index contributed by atoms with van der Waals surface area (Å²) >= 11 is 5.20. The second kappa shape index (κ2) is 4.66. The number of hydrogen-bond donors (Lipinski definition) is 0. The first kappa shape index (κ1) is 11.6. The summed E-state index contributed by atoms with van der Waals surface area (Å²) in [4.78, 5) is 16.6. The molecule has 0 fully saturated rings. The number of rotatable bonds is 3. The van der Waals surface area contributed by atoms with E-state index in [1.807, 2.05) is 34.3 Å². The number of aromatic nitrogens is 2. The predicted molar refractivity (Wildman–Crippen MR) is 76.2 cm³/mol. The molecule has 0 saturated carbocycles. The molecule has 0 saturated heterocycles. The molecule has 0 aromatic carbocycles. The Morgan fingerprint density at radius 2 is 2.33 bits per heavy atom. The summed E-state index contributed by atoms with van der Waals surface area (Å²) in [6.45, 7) is 0.722. The van der Waals surface area contributed by atoms with E-state index in [-0.39, 0.29) is 0 Å². The van der Waals surface area contributed by atoms with Gasteiger partial charge in [-0.05, 0) is 39.5 Å². The number of hydrogen-bond acceptors (Lipinski definition) is 3. The minimum atomic E-state index is 0.686. The lowest BCUT2D eigenvalue weighted by molar-refractivity contribution is 0.112. The van der Waals surface area contributed by atoms with Gasteiger partial charge in [0.15, 0.2) is 6.29 Å². The van der Waals surface area contributed by atoms with Crippen LogP contribution in [0.5, 0.6) is 0 Å². The normalized spacial score (nSPS) is 10.9. The molecule has 0 aliphatic rings. The van der Waals surface area contributed by atoms with Crippen LogP contribution >= 0.6 is 27.3 Å². The molecule has 90 valence electrons. The Balaban J connectivity index is 2.12. The second-order valence-corrected chi connectivity index (χ2v) is 5.75. The van der Waals surface area contributed by atoms with Crippen molar-refractivity contribution in [1.29, 1.82) is 0 Å². The number of thiophene rings is 1. The monoisotopic (exact) mass is 320 g/mol. The van der Waals surface area contributed by atoms with Crippen LogP contribution in [0.4, 0.5) is 0 Å². The number of nitrogens with zero attached hydrogens (tertiary/aromatic N) is 2. The maximum Gasteiger partial charge on any atom is 0.152 e. The van der Waals surface area contributed by atoms with Gasteiger partial charge in [-0.25, -0.2) is 4.98 Å². The quantitative estimate of drug-likeness (QED) is 0.689. The molecule has 0 atom stereocenters. The second-order valence-electron chi connectivity index (χ2n) is 3.90. The number of carbonyl (C=O) groups excluding carboxylic acids is 1. The summed E-state index contributed by atoms with van der Waals surface area (Å²) in [5.41, 5.74) is 1.53. The molecule has 0 radical (unpaired) electrons. The molecule has 0 aliphatic carbocycles. The predicted octanol–water partition coefficient (Wildman–Crippen LogP) is 3.72. The summed E-state index contributed by atoms with van der Waals surface area (Å²) < 4.78 is 3.10. The molecule has 3 heterocycles. The summed E-state index contributed by atoms with van der Waals surface area (Å²) in [5, 5.41) is 2.94. The highest BCUT2D eigenvalue weighted by Crippen LogP contribution is 2.26. The number of fused-ring (bicyclic) bond motifs is 1. The van der Waals surface area contributed by atoms with Gasteiger partial charge in [-0.1, -0.05) is 0 Å². The Hall–Kier alpha value is -1.46. The van der Waals surface area contributed by atoms with Gasteiger partial charge < -0.3 is 4.57 Å². The van der Waals surface area contributed by atoms with Crippen molar-refractivity contribution in [3.8, 4) is 0 Å². The molecule has 0 amide bonds. The van der Waals surface area contributed by atoms with Gasteiger partial charge in [0, 0.05) is 32.7 Å². The number of pyridine rings is 1. The van der Waals surface area contributed by atoms with Crippen LogP contribution in [0.25, 0.3) is 11.0 Å². The van der Waals surface area contributed by atoms with Crippen molar-refractivity contribution < 1.29 is 4.79 Å². The minimum absolute atomic E-state index is 0.686. The Bertz CT molecular complexity index is 717. The summed E-state index contributed by atoms with van der Waals surface area (Å²) in [6.07, 6.45) is 4.48. The Labute approximate surface area is 116 Å². The molecule has 3 nitrogen and oxygen atoms in total. The van der Waals surface area contributed by atoms with Crippen molar-refractivity contribution in [2.45, 2.75) is 6.54 Å². The topological polar surface area (TPSA) is 34.9 Å². The van der Waals surface area contributed by atoms with Gasteiger partial charge in [0.2, 0.25) is 0 Å². The average Bonchev–Trinajstić information content (AvgIpc) is 2.95. The molecule has 0 spiro atoms. The maximum absolute atomic E-state index is 11.1. The van der Waals surface area contributed by atoms with Crippen LogP contribution in [-0.4, -0.2) is 15.8 Å². The SMILES string of the molecule is O=Cc1cn(Cc2sccc2Br)c2ncccc12. The van der Waals surface area contributed by atoms with Gasteiger partial charge in [-0.15, -0.1) is 11.3 Å². The van der Waals surface area contributed by atoms with Crippen LogP contribution in [0, 0.1) is 0 Å². The Morgan fingerprint density at radius 3 is 3.06 bits per heavy atom. The largest absolute Gasteiger partial charge is 0.326 e. The molecular weight excluding hydrogens is 312 g/mol. The van der Waals surface area contributed by atoms with Gasteiger partial charge in [-0.2, -0.15) is 0 Å². The summed E-state index contributed by atoms with van der Waals surface area (Å²) in [7, 11) is 0. The van der Waals surface area contributed by atoms with Gasteiger partial charge in [0.1, 0.15) is 5.65 Å². The molecule has 0 aliphatic heterocycles. The fraction of sp³-hybridized carbons (Fsp3) is 0.0769. The fourth-order valence-corrected chi connectivity index (χ4v) is 3.43. The van der Waals surface area contributed by atoms with E-state index in [1.54, 1.807) is 17.5 Å². The average molecular weight is 321 g/mol. The van der Waals surface area contributed by atoms with Crippen LogP contribution in [0.3, 0.4) is 0 Å². The molecule has 0 bridgehead atoms. The van der Waals surface area contributed by atoms with Crippen molar-refractivity contribution in [3.05, 3.63) is 50.9 Å². The molecule has 3 rings (SSSR count). The lowest BCUT2D eigenvalue weighted by atomic mass is 10.2. The van der Waals surface area contributed by atoms with Crippen molar-refractivity contribution >= 4 is 44.6 Å². The molecular formula is C13H9BrN2OS. The van der Waals surface area contributed by atoms with Crippen molar-refractivity contribution in [2.24, 2.45) is 0 Å². The Morgan fingerprint density at radius 1 is 1.44 bits per heavy atom. The van der Waals surface area contributed by atoms with Gasteiger partial charge in [0.05, 0.1) is 6.54 Å². The first-order chi connectivity index (χ1) is 8.79. The third-order valence-electron chi connectivity index (χ3n) is 2.80. The Kier molecular flexibility index (Phi) is 3.01. The number of halogens is 1. The zero-order chi connectivity index (χ0) is 12.5. The lowest BCUT2D eigenvalue weighted by Crippen LogP contribution is -1.97. The van der Waals surface area contributed by atoms with Crippen LogP contribution < -0.4 is 0 Å². The molecule has 0 unspecified atom stereocenters. The van der Waals surface area contributed by atoms with E-state index in [0.717, 1.165) is 28.3 Å². The first-order valence-electron chi connectivity index (χ1n) is 5.40. The van der Waals surface area contributed by atoms with E-state index in [0.29, 0.717) is 5.56 Å². The smallest absolute Gasteiger partial charge is 0.152 e. The third-order valence-corrected chi connectivity index (χ3v) is 4.71. The van der Waals surface area contributed by atoms with E-state index in [1.165, 1.54) is 4.88 Å². The van der Waals surface area contributed by atoms with Gasteiger partial charge in [-0.3, -0.25) is 4.79 Å². The lowest BCUT2D eigenvalue weighted by Gasteiger charge is -2.02. The van der Waals surface area contributed by atoms with Gasteiger partial charge in [0.25, 0.3) is 0 Å². The van der Waals surface area contributed by atoms with Crippen molar-refractivity contribution in [1.82, 2.24) is 9.55 Å². The number of aldehydes is 1. The first-order valence-corrected chi connectivity index (χ1v) is 7.08. The standard InChI is InChI=1S/C13H9BrN2OS/c14-11-3-5-18-12(11)7-16-6-9(8-17)10-2-1-4-15-13(10)16/h1-6,8H,7H2. The van der Waals surface area contributed by atoms with E-state index < -0.39 is 0 Å². The zero-order valence-corrected chi connectivity index (χ0v) is 11.7. The molecule has 3 aromatic rings. The highest BCUT2D eigenvalue weighted by Gasteiger charge is 2.10. The molecule has 3 aromatic heterocycles. The minimum Gasteiger partial charge on any atom is -0.326 e. The third kappa shape index (κ3) is 1.89. The molecule has 0 N–H and O–H groups in total. The highest BCUT2D eigenvalue weighted by molar-refractivity contribution is 9.10. The van der Waals surface area contributed by atoms with E-state index in [4.69, 9.17) is 0 Å². The van der Waals surface area contributed by atoms with E-state index >= 15 is 0 Å². The molecule has 18 heavy (non-hydrogen) atoms. The molecule has 5 heteroatoms. The highest BCUT2D eigenvalue weighted by atomic mass is 79.9. The van der Waals surface area contributed by atoms with Crippen LogP contribution in [0.15, 0.2) is 40.4 Å². The van der Waals surface area contributed by atoms with Crippen LogP contribution in [-0.2, 0) is 6.54 Å². The van der Waals surface area contributed by atoms with E-state index in [2.05, 4.69) is 20.9 Å². The number of carbonyl (C=O) groups is 1. The van der Waals surface area contributed by atoms with Crippen molar-refractivity contribution in [3.63, 3.8) is 0 Å². The van der Waals surface area contributed by atoms with Crippen molar-refractivity contribution in [2.75, 3.05) is 0 Å². The fourth-order valence-electron chi connectivity index (χ4n) is 1.96. The van der Waals surface area contributed by atoms with Gasteiger partial charge >= 0.3 is 0 Å².